The van der Waals surface area contributed by atoms with Gasteiger partial charge in [-0.1, -0.05) is 0 Å². The van der Waals surface area contributed by atoms with Crippen LogP contribution >= 0.6 is 15.9 Å². The molecule has 6 nitrogen and oxygen atoms in total. The number of nitrogen functional groups attached to an aromatic ring is 1. The van der Waals surface area contributed by atoms with Crippen molar-refractivity contribution in [3.63, 3.8) is 0 Å². The molecule has 0 aromatic carbocycles. The van der Waals surface area contributed by atoms with Gasteiger partial charge in [-0.3, -0.25) is 4.79 Å². The first kappa shape index (κ1) is 11.1. The smallest absolute Gasteiger partial charge is 0.239 e. The van der Waals surface area contributed by atoms with Crippen LogP contribution in [0.3, 0.4) is 0 Å². The normalized spacial score (nSPS) is 16.8. The minimum atomic E-state index is -0.0142. The van der Waals surface area contributed by atoms with Crippen LogP contribution in [-0.2, 0) is 4.79 Å². The lowest BCUT2D eigenvalue weighted by molar-refractivity contribution is -0.119. The molecule has 16 heavy (non-hydrogen) atoms. The molecular formula is C9H12BrN5O. The summed E-state index contributed by atoms with van der Waals surface area (Å²) in [7, 11) is 0. The van der Waals surface area contributed by atoms with E-state index in [-0.39, 0.29) is 12.5 Å². The molecule has 0 spiro atoms. The number of hydrogen-bond donors (Lipinski definition) is 2. The molecular weight excluding hydrogens is 274 g/mol. The molecule has 0 aliphatic carbocycles. The number of anilines is 2. The largest absolute Gasteiger partial charge is 0.383 e. The van der Waals surface area contributed by atoms with E-state index in [1.54, 1.807) is 6.07 Å². The fourth-order valence-electron chi connectivity index (χ4n) is 1.54. The van der Waals surface area contributed by atoms with E-state index < -0.39 is 0 Å². The SMILES string of the molecule is Nc1cc(Br)nc(N2CCCNC(=O)C2)n1. The minimum Gasteiger partial charge on any atom is -0.383 e. The van der Waals surface area contributed by atoms with Crippen LogP contribution in [0.25, 0.3) is 0 Å². The topological polar surface area (TPSA) is 84.1 Å². The minimum absolute atomic E-state index is 0.0142. The molecule has 2 heterocycles. The molecule has 0 unspecified atom stereocenters. The van der Waals surface area contributed by atoms with Crippen molar-refractivity contribution >= 4 is 33.6 Å². The zero-order valence-corrected chi connectivity index (χ0v) is 10.2. The lowest BCUT2D eigenvalue weighted by Crippen LogP contribution is -2.34. The molecule has 1 aromatic heterocycles. The van der Waals surface area contributed by atoms with Gasteiger partial charge >= 0.3 is 0 Å². The first-order chi connectivity index (χ1) is 7.65. The number of aromatic nitrogens is 2. The Kier molecular flexibility index (Phi) is 3.23. The van der Waals surface area contributed by atoms with Gasteiger partial charge in [-0.05, 0) is 22.4 Å². The van der Waals surface area contributed by atoms with Crippen LogP contribution in [0, 0.1) is 0 Å². The summed E-state index contributed by atoms with van der Waals surface area (Å²) in [5, 5.41) is 2.79. The fraction of sp³-hybridized carbons (Fsp3) is 0.444. The van der Waals surface area contributed by atoms with E-state index in [1.807, 2.05) is 4.90 Å². The standard InChI is InChI=1S/C9H12BrN5O/c10-6-4-7(11)14-9(13-6)15-3-1-2-12-8(16)5-15/h4H,1-3,5H2,(H,12,16)(H2,11,13,14). The van der Waals surface area contributed by atoms with Crippen molar-refractivity contribution in [2.24, 2.45) is 0 Å². The van der Waals surface area contributed by atoms with Crippen LogP contribution in [0.5, 0.6) is 0 Å². The molecule has 1 aromatic rings. The predicted octanol–water partition coefficient (Wildman–Crippen LogP) is 0.148. The second kappa shape index (κ2) is 4.65. The first-order valence-corrected chi connectivity index (χ1v) is 5.76. The van der Waals surface area contributed by atoms with Crippen molar-refractivity contribution in [3.8, 4) is 0 Å². The summed E-state index contributed by atoms with van der Waals surface area (Å²) >= 11 is 3.26. The van der Waals surface area contributed by atoms with Crippen LogP contribution in [0.1, 0.15) is 6.42 Å². The number of hydrogen-bond acceptors (Lipinski definition) is 5. The van der Waals surface area contributed by atoms with Crippen molar-refractivity contribution in [1.82, 2.24) is 15.3 Å². The molecule has 0 atom stereocenters. The Labute approximate surface area is 101 Å². The molecule has 1 fully saturated rings. The van der Waals surface area contributed by atoms with Crippen molar-refractivity contribution in [2.75, 3.05) is 30.3 Å². The lowest BCUT2D eigenvalue weighted by atomic mass is 10.4. The van der Waals surface area contributed by atoms with Gasteiger partial charge in [0.05, 0.1) is 6.54 Å². The summed E-state index contributed by atoms with van der Waals surface area (Å²) in [6.45, 7) is 1.71. The van der Waals surface area contributed by atoms with Gasteiger partial charge in [0.15, 0.2) is 0 Å². The van der Waals surface area contributed by atoms with E-state index in [4.69, 9.17) is 5.73 Å². The molecule has 2 rings (SSSR count). The van der Waals surface area contributed by atoms with Crippen molar-refractivity contribution < 1.29 is 4.79 Å². The van der Waals surface area contributed by atoms with E-state index in [9.17, 15) is 4.79 Å². The summed E-state index contributed by atoms with van der Waals surface area (Å²) in [5.41, 5.74) is 5.63. The maximum atomic E-state index is 11.4. The van der Waals surface area contributed by atoms with Gasteiger partial charge in [0.25, 0.3) is 0 Å². The van der Waals surface area contributed by atoms with Crippen molar-refractivity contribution in [2.45, 2.75) is 6.42 Å². The molecule has 0 radical (unpaired) electrons. The molecule has 3 N–H and O–H groups in total. The third-order valence-electron chi connectivity index (χ3n) is 2.25. The molecule has 1 amide bonds. The Morgan fingerprint density at radius 1 is 1.50 bits per heavy atom. The number of rotatable bonds is 1. The van der Waals surface area contributed by atoms with E-state index >= 15 is 0 Å². The highest BCUT2D eigenvalue weighted by Crippen LogP contribution is 2.16. The lowest BCUT2D eigenvalue weighted by Gasteiger charge is -2.18. The average molecular weight is 286 g/mol. The van der Waals surface area contributed by atoms with Gasteiger partial charge < -0.3 is 16.0 Å². The number of amides is 1. The Bertz CT molecular complexity index is 391. The van der Waals surface area contributed by atoms with Crippen LogP contribution in [0.4, 0.5) is 11.8 Å². The fourth-order valence-corrected chi connectivity index (χ4v) is 1.93. The molecule has 0 bridgehead atoms. The van der Waals surface area contributed by atoms with Gasteiger partial charge in [0.2, 0.25) is 11.9 Å². The average Bonchev–Trinajstić information content (AvgIpc) is 2.41. The highest BCUT2D eigenvalue weighted by molar-refractivity contribution is 9.10. The molecule has 0 saturated carbocycles. The number of nitrogens with one attached hydrogen (secondary N) is 1. The van der Waals surface area contributed by atoms with Gasteiger partial charge in [0, 0.05) is 19.2 Å². The summed E-state index contributed by atoms with van der Waals surface area (Å²) in [4.78, 5) is 21.5. The zero-order chi connectivity index (χ0) is 11.5. The van der Waals surface area contributed by atoms with E-state index in [1.165, 1.54) is 0 Å². The zero-order valence-electron chi connectivity index (χ0n) is 8.61. The summed E-state index contributed by atoms with van der Waals surface area (Å²) in [6.07, 6.45) is 0.877. The van der Waals surface area contributed by atoms with Crippen LogP contribution < -0.4 is 16.0 Å². The number of nitrogens with zero attached hydrogens (tertiary/aromatic N) is 3. The van der Waals surface area contributed by atoms with Gasteiger partial charge in [0.1, 0.15) is 10.4 Å². The van der Waals surface area contributed by atoms with Crippen molar-refractivity contribution in [1.29, 1.82) is 0 Å². The first-order valence-electron chi connectivity index (χ1n) is 4.97. The quantitative estimate of drug-likeness (QED) is 0.718. The summed E-state index contributed by atoms with van der Waals surface area (Å²) < 4.78 is 0.625. The third-order valence-corrected chi connectivity index (χ3v) is 2.65. The number of nitrogens with two attached hydrogens (primary N) is 1. The monoisotopic (exact) mass is 285 g/mol. The molecule has 7 heteroatoms. The van der Waals surface area contributed by atoms with Gasteiger partial charge in [-0.15, -0.1) is 0 Å². The van der Waals surface area contributed by atoms with E-state index in [0.717, 1.165) is 13.0 Å². The maximum absolute atomic E-state index is 11.4. The number of carbonyl (C=O) groups is 1. The number of halogens is 1. The van der Waals surface area contributed by atoms with E-state index in [2.05, 4.69) is 31.2 Å². The van der Waals surface area contributed by atoms with Gasteiger partial charge in [-0.25, -0.2) is 4.98 Å². The van der Waals surface area contributed by atoms with Crippen LogP contribution in [0.15, 0.2) is 10.7 Å². The van der Waals surface area contributed by atoms with Crippen LogP contribution in [-0.4, -0.2) is 35.5 Å². The van der Waals surface area contributed by atoms with Gasteiger partial charge in [-0.2, -0.15) is 4.98 Å². The Morgan fingerprint density at radius 2 is 2.31 bits per heavy atom. The molecule has 86 valence electrons. The van der Waals surface area contributed by atoms with Crippen LogP contribution in [0.2, 0.25) is 0 Å². The summed E-state index contributed by atoms with van der Waals surface area (Å²) in [5.74, 6) is 0.866. The third kappa shape index (κ3) is 2.60. The highest BCUT2D eigenvalue weighted by Gasteiger charge is 2.17. The van der Waals surface area contributed by atoms with Crippen molar-refractivity contribution in [3.05, 3.63) is 10.7 Å². The second-order valence-electron chi connectivity index (χ2n) is 3.54. The van der Waals surface area contributed by atoms with E-state index in [0.29, 0.717) is 22.9 Å². The summed E-state index contributed by atoms with van der Waals surface area (Å²) in [6, 6.07) is 1.63. The highest BCUT2D eigenvalue weighted by atomic mass is 79.9. The Balaban J connectivity index is 2.24. The predicted molar refractivity (Wildman–Crippen MR) is 64.0 cm³/mol. The molecule has 1 aliphatic heterocycles. The molecule has 1 aliphatic rings. The Hall–Kier alpha value is -1.37. The number of carbonyl (C=O) groups excluding carboxylic acids is 1. The Morgan fingerprint density at radius 3 is 3.06 bits per heavy atom. The second-order valence-corrected chi connectivity index (χ2v) is 4.35. The molecule has 1 saturated heterocycles. The maximum Gasteiger partial charge on any atom is 0.239 e.